The predicted octanol–water partition coefficient (Wildman–Crippen LogP) is 2.44. The summed E-state index contributed by atoms with van der Waals surface area (Å²) in [4.78, 5) is 29.3. The SMILES string of the molecule is CC(=O)OC(O)(c1cccnc1)C1CCN(C(=O)OC(C)(C)C)CC1. The van der Waals surface area contributed by atoms with Gasteiger partial charge in [-0.2, -0.15) is 0 Å². The van der Waals surface area contributed by atoms with Crippen LogP contribution in [0.5, 0.6) is 0 Å². The molecule has 0 bridgehead atoms. The molecule has 7 heteroatoms. The number of piperidine rings is 1. The van der Waals surface area contributed by atoms with Gasteiger partial charge in [0, 0.05) is 43.9 Å². The first-order valence-corrected chi connectivity index (χ1v) is 8.42. The van der Waals surface area contributed by atoms with Gasteiger partial charge >= 0.3 is 12.1 Å². The van der Waals surface area contributed by atoms with E-state index in [2.05, 4.69) is 4.98 Å². The number of esters is 1. The van der Waals surface area contributed by atoms with Gasteiger partial charge in [0.15, 0.2) is 0 Å². The molecule has 0 aromatic carbocycles. The van der Waals surface area contributed by atoms with E-state index in [1.54, 1.807) is 23.2 Å². The quantitative estimate of drug-likeness (QED) is 0.665. The van der Waals surface area contributed by atoms with Crippen molar-refractivity contribution in [3.63, 3.8) is 0 Å². The summed E-state index contributed by atoms with van der Waals surface area (Å²) in [5.74, 6) is -2.65. The monoisotopic (exact) mass is 350 g/mol. The van der Waals surface area contributed by atoms with Crippen molar-refractivity contribution in [2.45, 2.75) is 51.9 Å². The molecule has 1 N–H and O–H groups in total. The topological polar surface area (TPSA) is 89.0 Å². The summed E-state index contributed by atoms with van der Waals surface area (Å²) in [5, 5.41) is 11.1. The Hall–Kier alpha value is -2.15. The summed E-state index contributed by atoms with van der Waals surface area (Å²) in [6.07, 6.45) is 3.67. The second kappa shape index (κ2) is 7.39. The Morgan fingerprint density at radius 2 is 1.88 bits per heavy atom. The lowest BCUT2D eigenvalue weighted by molar-refractivity contribution is -0.243. The van der Waals surface area contributed by atoms with Crippen molar-refractivity contribution in [1.82, 2.24) is 9.88 Å². The van der Waals surface area contributed by atoms with Crippen LogP contribution in [0, 0.1) is 5.92 Å². The van der Waals surface area contributed by atoms with Crippen molar-refractivity contribution in [1.29, 1.82) is 0 Å². The number of aliphatic hydroxyl groups is 1. The van der Waals surface area contributed by atoms with Gasteiger partial charge in [-0.25, -0.2) is 4.79 Å². The van der Waals surface area contributed by atoms with Crippen LogP contribution in [0.25, 0.3) is 0 Å². The Kier molecular flexibility index (Phi) is 5.67. The maximum absolute atomic E-state index is 12.2. The number of ether oxygens (including phenoxy) is 2. The largest absolute Gasteiger partial charge is 0.444 e. The third-order valence-electron chi connectivity index (χ3n) is 4.07. The maximum atomic E-state index is 12.2. The van der Waals surface area contributed by atoms with Gasteiger partial charge < -0.3 is 19.5 Å². The standard InChI is InChI=1S/C18H26N2O5/c1-13(21)24-18(23,15-6-5-9-19-12-15)14-7-10-20(11-8-14)16(22)25-17(2,3)4/h5-6,9,12,14,23H,7-8,10-11H2,1-4H3. The second-order valence-corrected chi connectivity index (χ2v) is 7.27. The fraction of sp³-hybridized carbons (Fsp3) is 0.611. The Bertz CT molecular complexity index is 606. The summed E-state index contributed by atoms with van der Waals surface area (Å²) in [6, 6.07) is 3.36. The second-order valence-electron chi connectivity index (χ2n) is 7.27. The number of likely N-dealkylation sites (tertiary alicyclic amines) is 1. The number of pyridine rings is 1. The number of rotatable bonds is 3. The minimum atomic E-state index is -1.75. The highest BCUT2D eigenvalue weighted by atomic mass is 16.7. The van der Waals surface area contributed by atoms with Crippen molar-refractivity contribution in [2.24, 2.45) is 5.92 Å². The minimum absolute atomic E-state index is 0.334. The highest BCUT2D eigenvalue weighted by Crippen LogP contribution is 2.37. The van der Waals surface area contributed by atoms with Gasteiger partial charge in [0.1, 0.15) is 5.60 Å². The summed E-state index contributed by atoms with van der Waals surface area (Å²) in [7, 11) is 0. The van der Waals surface area contributed by atoms with Crippen LogP contribution in [0.3, 0.4) is 0 Å². The zero-order valence-corrected chi connectivity index (χ0v) is 15.2. The van der Waals surface area contributed by atoms with E-state index < -0.39 is 17.4 Å². The summed E-state index contributed by atoms with van der Waals surface area (Å²) in [6.45, 7) is 7.56. The van der Waals surface area contributed by atoms with Crippen LogP contribution in [0.15, 0.2) is 24.5 Å². The van der Waals surface area contributed by atoms with Gasteiger partial charge in [0.05, 0.1) is 0 Å². The first-order chi connectivity index (χ1) is 11.6. The average Bonchev–Trinajstić information content (AvgIpc) is 2.53. The molecule has 1 amide bonds. The van der Waals surface area contributed by atoms with Crippen LogP contribution < -0.4 is 0 Å². The lowest BCUT2D eigenvalue weighted by Gasteiger charge is -2.40. The number of amides is 1. The van der Waals surface area contributed by atoms with Gasteiger partial charge in [-0.3, -0.25) is 9.78 Å². The van der Waals surface area contributed by atoms with Crippen molar-refractivity contribution in [3.05, 3.63) is 30.1 Å². The molecule has 1 aliphatic heterocycles. The molecule has 7 nitrogen and oxygen atoms in total. The molecule has 0 radical (unpaired) electrons. The van der Waals surface area contributed by atoms with Crippen LogP contribution >= 0.6 is 0 Å². The first kappa shape index (κ1) is 19.2. The van der Waals surface area contributed by atoms with Gasteiger partial charge in [0.2, 0.25) is 5.79 Å². The van der Waals surface area contributed by atoms with Gasteiger partial charge in [-0.1, -0.05) is 0 Å². The average molecular weight is 350 g/mol. The van der Waals surface area contributed by atoms with Crippen LogP contribution in [-0.2, 0) is 20.1 Å². The van der Waals surface area contributed by atoms with Gasteiger partial charge in [-0.05, 0) is 45.7 Å². The number of carbonyl (C=O) groups is 2. The number of hydrogen-bond donors (Lipinski definition) is 1. The molecule has 1 aromatic rings. The number of carbonyl (C=O) groups excluding carboxylic acids is 2. The molecule has 0 aliphatic carbocycles. The molecule has 0 saturated carbocycles. The van der Waals surface area contributed by atoms with E-state index in [1.807, 2.05) is 20.8 Å². The molecule has 0 spiro atoms. The molecule has 1 aliphatic rings. The highest BCUT2D eigenvalue weighted by Gasteiger charge is 2.44. The van der Waals surface area contributed by atoms with E-state index in [-0.39, 0.29) is 12.0 Å². The zero-order valence-electron chi connectivity index (χ0n) is 15.2. The summed E-state index contributed by atoms with van der Waals surface area (Å²) >= 11 is 0. The van der Waals surface area contributed by atoms with E-state index in [1.165, 1.54) is 13.1 Å². The Balaban J connectivity index is 2.10. The molecule has 2 heterocycles. The first-order valence-electron chi connectivity index (χ1n) is 8.42. The third-order valence-corrected chi connectivity index (χ3v) is 4.07. The smallest absolute Gasteiger partial charge is 0.410 e. The number of nitrogens with zero attached hydrogens (tertiary/aromatic N) is 2. The molecule has 138 valence electrons. The molecule has 2 rings (SSSR count). The number of hydrogen-bond acceptors (Lipinski definition) is 6. The van der Waals surface area contributed by atoms with Crippen LogP contribution in [0.4, 0.5) is 4.79 Å². The van der Waals surface area contributed by atoms with Crippen molar-refractivity contribution in [3.8, 4) is 0 Å². The van der Waals surface area contributed by atoms with E-state index in [4.69, 9.17) is 9.47 Å². The van der Waals surface area contributed by atoms with Crippen LogP contribution in [0.1, 0.15) is 46.1 Å². The van der Waals surface area contributed by atoms with Gasteiger partial charge in [0.25, 0.3) is 0 Å². The molecule has 1 unspecified atom stereocenters. The van der Waals surface area contributed by atoms with E-state index in [0.29, 0.717) is 31.5 Å². The molecule has 1 fully saturated rings. The summed E-state index contributed by atoms with van der Waals surface area (Å²) in [5.41, 5.74) is -0.122. The fourth-order valence-corrected chi connectivity index (χ4v) is 2.95. The number of aromatic nitrogens is 1. The highest BCUT2D eigenvalue weighted by molar-refractivity contribution is 5.68. The lowest BCUT2D eigenvalue weighted by atomic mass is 9.84. The van der Waals surface area contributed by atoms with Crippen LogP contribution in [0.2, 0.25) is 0 Å². The van der Waals surface area contributed by atoms with Gasteiger partial charge in [-0.15, -0.1) is 0 Å². The Morgan fingerprint density at radius 1 is 1.24 bits per heavy atom. The molecule has 1 atom stereocenters. The lowest BCUT2D eigenvalue weighted by Crippen LogP contribution is -2.48. The Labute approximate surface area is 147 Å². The van der Waals surface area contributed by atoms with E-state index in [0.717, 1.165) is 0 Å². The molecule has 1 aromatic heterocycles. The fourth-order valence-electron chi connectivity index (χ4n) is 2.95. The molecule has 1 saturated heterocycles. The molecular weight excluding hydrogens is 324 g/mol. The van der Waals surface area contributed by atoms with E-state index >= 15 is 0 Å². The molecule has 25 heavy (non-hydrogen) atoms. The van der Waals surface area contributed by atoms with Crippen molar-refractivity contribution >= 4 is 12.1 Å². The normalized spacial score (nSPS) is 18.4. The molecular formula is C18H26N2O5. The van der Waals surface area contributed by atoms with Crippen molar-refractivity contribution in [2.75, 3.05) is 13.1 Å². The minimum Gasteiger partial charge on any atom is -0.444 e. The summed E-state index contributed by atoms with van der Waals surface area (Å²) < 4.78 is 10.7. The van der Waals surface area contributed by atoms with Crippen molar-refractivity contribution < 1.29 is 24.2 Å². The predicted molar refractivity (Wildman–Crippen MR) is 90.4 cm³/mol. The van der Waals surface area contributed by atoms with E-state index in [9.17, 15) is 14.7 Å². The maximum Gasteiger partial charge on any atom is 0.410 e. The van der Waals surface area contributed by atoms with Crippen LogP contribution in [-0.4, -0.2) is 45.7 Å². The third kappa shape index (κ3) is 4.92. The zero-order chi connectivity index (χ0) is 18.7. The Morgan fingerprint density at radius 3 is 2.36 bits per heavy atom.